The maximum absolute atomic E-state index is 5.40. The van der Waals surface area contributed by atoms with E-state index in [0.29, 0.717) is 0 Å². The van der Waals surface area contributed by atoms with Gasteiger partial charge in [-0.1, -0.05) is 0 Å². The van der Waals surface area contributed by atoms with E-state index in [-0.39, 0.29) is 5.60 Å². The van der Waals surface area contributed by atoms with Gasteiger partial charge in [0.2, 0.25) is 0 Å². The van der Waals surface area contributed by atoms with E-state index in [9.17, 15) is 0 Å². The lowest BCUT2D eigenvalue weighted by Crippen LogP contribution is -2.28. The topological polar surface area (TPSA) is 21.3 Å². The van der Waals surface area contributed by atoms with Crippen LogP contribution >= 0.6 is 11.3 Å². The van der Waals surface area contributed by atoms with E-state index in [2.05, 4.69) is 24.5 Å². The molecular formula is C10H17NOS. The lowest BCUT2D eigenvalue weighted by molar-refractivity contribution is -0.0754. The molecule has 0 bridgehead atoms. The Kier molecular flexibility index (Phi) is 3.47. The molecule has 2 nitrogen and oxygen atoms in total. The number of thiophene rings is 1. The molecular weight excluding hydrogens is 182 g/mol. The molecule has 0 aliphatic rings. The highest BCUT2D eigenvalue weighted by molar-refractivity contribution is 7.11. The first kappa shape index (κ1) is 10.7. The smallest absolute Gasteiger partial charge is 0.0813 e. The third kappa shape index (κ3) is 4.41. The zero-order valence-corrected chi connectivity index (χ0v) is 9.49. The molecule has 1 aromatic heterocycles. The predicted molar refractivity (Wildman–Crippen MR) is 56.7 cm³/mol. The Labute approximate surface area is 83.9 Å². The van der Waals surface area contributed by atoms with E-state index in [4.69, 9.17) is 4.84 Å². The van der Waals surface area contributed by atoms with Crippen LogP contribution in [-0.4, -0.2) is 5.60 Å². The first-order valence-corrected chi connectivity index (χ1v) is 5.25. The molecule has 1 rings (SSSR count). The van der Waals surface area contributed by atoms with E-state index in [1.165, 1.54) is 9.75 Å². The summed E-state index contributed by atoms with van der Waals surface area (Å²) >= 11 is 1.80. The summed E-state index contributed by atoms with van der Waals surface area (Å²) in [5.41, 5.74) is 2.85. The zero-order chi connectivity index (χ0) is 9.90. The van der Waals surface area contributed by atoms with E-state index < -0.39 is 0 Å². The molecule has 1 N–H and O–H groups in total. The van der Waals surface area contributed by atoms with Crippen molar-refractivity contribution in [2.75, 3.05) is 0 Å². The molecule has 3 heteroatoms. The molecule has 74 valence electrons. The molecule has 0 fully saturated rings. The van der Waals surface area contributed by atoms with Crippen molar-refractivity contribution >= 4 is 11.3 Å². The van der Waals surface area contributed by atoms with Crippen molar-refractivity contribution in [1.82, 2.24) is 5.48 Å². The average molecular weight is 199 g/mol. The second kappa shape index (κ2) is 4.22. The number of nitrogens with one attached hydrogen (secondary N) is 1. The lowest BCUT2D eigenvalue weighted by Gasteiger charge is -2.18. The highest BCUT2D eigenvalue weighted by Crippen LogP contribution is 2.15. The molecule has 0 spiro atoms. The molecule has 0 saturated carbocycles. The van der Waals surface area contributed by atoms with Crippen LogP contribution in [0.15, 0.2) is 12.1 Å². The first-order chi connectivity index (χ1) is 5.97. The summed E-state index contributed by atoms with van der Waals surface area (Å²) in [7, 11) is 0. The van der Waals surface area contributed by atoms with Crippen LogP contribution in [0.1, 0.15) is 30.5 Å². The third-order valence-electron chi connectivity index (χ3n) is 1.42. The molecule has 0 aliphatic heterocycles. The summed E-state index contributed by atoms with van der Waals surface area (Å²) in [6, 6.07) is 4.25. The lowest BCUT2D eigenvalue weighted by atomic mass is 10.2. The molecule has 0 radical (unpaired) electrons. The van der Waals surface area contributed by atoms with Gasteiger partial charge in [0, 0.05) is 9.75 Å². The van der Waals surface area contributed by atoms with Gasteiger partial charge >= 0.3 is 0 Å². The standard InChI is InChI=1S/C10H17NOS/c1-8-5-6-9(13-8)7-11-12-10(2,3)4/h5-6,11H,7H2,1-4H3. The summed E-state index contributed by atoms with van der Waals surface area (Å²) in [6.45, 7) is 8.98. The fourth-order valence-corrected chi connectivity index (χ4v) is 1.72. The van der Waals surface area contributed by atoms with E-state index >= 15 is 0 Å². The zero-order valence-electron chi connectivity index (χ0n) is 8.68. The van der Waals surface area contributed by atoms with Crippen molar-refractivity contribution in [1.29, 1.82) is 0 Å². The van der Waals surface area contributed by atoms with Crippen LogP contribution < -0.4 is 5.48 Å². The summed E-state index contributed by atoms with van der Waals surface area (Å²) < 4.78 is 0. The molecule has 1 heterocycles. The Morgan fingerprint density at radius 1 is 1.38 bits per heavy atom. The van der Waals surface area contributed by atoms with Gasteiger partial charge in [0.15, 0.2) is 0 Å². The molecule has 0 aliphatic carbocycles. The van der Waals surface area contributed by atoms with Gasteiger partial charge in [0.05, 0.1) is 12.1 Å². The molecule has 0 atom stereocenters. The van der Waals surface area contributed by atoms with Crippen molar-refractivity contribution < 1.29 is 4.84 Å². The van der Waals surface area contributed by atoms with Gasteiger partial charge in [-0.05, 0) is 39.8 Å². The van der Waals surface area contributed by atoms with Gasteiger partial charge in [-0.2, -0.15) is 5.48 Å². The minimum Gasteiger partial charge on any atom is -0.296 e. The normalized spacial score (nSPS) is 12.0. The van der Waals surface area contributed by atoms with Gasteiger partial charge in [-0.25, -0.2) is 0 Å². The van der Waals surface area contributed by atoms with Crippen molar-refractivity contribution in [2.24, 2.45) is 0 Å². The van der Waals surface area contributed by atoms with E-state index in [0.717, 1.165) is 6.54 Å². The Hall–Kier alpha value is -0.380. The number of hydrogen-bond acceptors (Lipinski definition) is 3. The quantitative estimate of drug-likeness (QED) is 0.756. The van der Waals surface area contributed by atoms with Crippen molar-refractivity contribution in [2.45, 2.75) is 39.8 Å². The number of rotatable bonds is 3. The van der Waals surface area contributed by atoms with E-state index in [1.54, 1.807) is 11.3 Å². The van der Waals surface area contributed by atoms with Crippen molar-refractivity contribution in [3.05, 3.63) is 21.9 Å². The van der Waals surface area contributed by atoms with Gasteiger partial charge < -0.3 is 0 Å². The monoisotopic (exact) mass is 199 g/mol. The number of hydroxylamine groups is 1. The van der Waals surface area contributed by atoms with Crippen molar-refractivity contribution in [3.8, 4) is 0 Å². The SMILES string of the molecule is Cc1ccc(CNOC(C)(C)C)s1. The maximum atomic E-state index is 5.40. The molecule has 0 amide bonds. The molecule has 13 heavy (non-hydrogen) atoms. The number of hydrogen-bond donors (Lipinski definition) is 1. The fraction of sp³-hybridized carbons (Fsp3) is 0.600. The van der Waals surface area contributed by atoms with E-state index in [1.807, 2.05) is 20.8 Å². The van der Waals surface area contributed by atoms with Gasteiger partial charge in [-0.3, -0.25) is 4.84 Å². The average Bonchev–Trinajstić information content (AvgIpc) is 2.33. The minimum atomic E-state index is -0.119. The first-order valence-electron chi connectivity index (χ1n) is 4.43. The Morgan fingerprint density at radius 3 is 2.54 bits per heavy atom. The van der Waals surface area contributed by atoms with Crippen molar-refractivity contribution in [3.63, 3.8) is 0 Å². The Morgan fingerprint density at radius 2 is 2.08 bits per heavy atom. The van der Waals surface area contributed by atoms with Gasteiger partial charge in [0.1, 0.15) is 0 Å². The van der Waals surface area contributed by atoms with Crippen LogP contribution in [0, 0.1) is 6.92 Å². The van der Waals surface area contributed by atoms with Gasteiger partial charge in [-0.15, -0.1) is 11.3 Å². The van der Waals surface area contributed by atoms with Crippen LogP contribution in [0.3, 0.4) is 0 Å². The molecule has 0 saturated heterocycles. The second-order valence-electron chi connectivity index (χ2n) is 4.05. The Bertz CT molecular complexity index is 262. The summed E-state index contributed by atoms with van der Waals surface area (Å²) in [6.07, 6.45) is 0. The Balaban J connectivity index is 2.28. The number of aryl methyl sites for hydroxylation is 1. The van der Waals surface area contributed by atoms with Crippen LogP contribution in [0.4, 0.5) is 0 Å². The molecule has 0 aromatic carbocycles. The summed E-state index contributed by atoms with van der Waals surface area (Å²) in [5, 5.41) is 0. The van der Waals surface area contributed by atoms with Crippen LogP contribution in [0.2, 0.25) is 0 Å². The second-order valence-corrected chi connectivity index (χ2v) is 5.42. The molecule has 1 aromatic rings. The fourth-order valence-electron chi connectivity index (χ4n) is 0.904. The van der Waals surface area contributed by atoms with Crippen LogP contribution in [0.5, 0.6) is 0 Å². The van der Waals surface area contributed by atoms with Crippen LogP contribution in [-0.2, 0) is 11.4 Å². The minimum absolute atomic E-state index is 0.119. The third-order valence-corrected chi connectivity index (χ3v) is 2.42. The predicted octanol–water partition coefficient (Wildman–Crippen LogP) is 2.88. The van der Waals surface area contributed by atoms with Crippen LogP contribution in [0.25, 0.3) is 0 Å². The summed E-state index contributed by atoms with van der Waals surface area (Å²) in [4.78, 5) is 8.05. The van der Waals surface area contributed by atoms with Gasteiger partial charge in [0.25, 0.3) is 0 Å². The largest absolute Gasteiger partial charge is 0.296 e. The highest BCUT2D eigenvalue weighted by Gasteiger charge is 2.09. The highest BCUT2D eigenvalue weighted by atomic mass is 32.1. The maximum Gasteiger partial charge on any atom is 0.0813 e. The molecule has 0 unspecified atom stereocenters. The summed E-state index contributed by atoms with van der Waals surface area (Å²) in [5.74, 6) is 0.